The summed E-state index contributed by atoms with van der Waals surface area (Å²) in [6, 6.07) is 8.68. The van der Waals surface area contributed by atoms with Gasteiger partial charge in [0.25, 0.3) is 0 Å². The Balaban J connectivity index is 2.38. The van der Waals surface area contributed by atoms with Crippen LogP contribution in [0.3, 0.4) is 0 Å². The Labute approximate surface area is 160 Å². The van der Waals surface area contributed by atoms with Crippen LogP contribution in [0.2, 0.25) is 0 Å². The fourth-order valence-corrected chi connectivity index (χ4v) is 3.10. The number of allylic oxidation sites excluding steroid dienone is 1. The molecule has 0 saturated carbocycles. The monoisotopic (exact) mass is 366 g/mol. The quantitative estimate of drug-likeness (QED) is 0.439. The van der Waals surface area contributed by atoms with Gasteiger partial charge in [0.1, 0.15) is 16.8 Å². The first-order chi connectivity index (χ1) is 12.2. The van der Waals surface area contributed by atoms with Crippen LogP contribution in [0.15, 0.2) is 40.3 Å². The molecule has 2 aromatic rings. The SMILES string of the molecule is C=NC=N/C(=C\Cc1ccc(C(C)(C)C)cc1)c1c(C)[nH]c(C)nc1=S. The number of nitrogens with one attached hydrogen (secondary N) is 1. The fourth-order valence-electron chi connectivity index (χ4n) is 2.71. The average Bonchev–Trinajstić information content (AvgIpc) is 2.55. The summed E-state index contributed by atoms with van der Waals surface area (Å²) < 4.78 is 0.536. The summed E-state index contributed by atoms with van der Waals surface area (Å²) in [6.07, 6.45) is 4.23. The maximum atomic E-state index is 5.45. The Morgan fingerprint density at radius 2 is 1.88 bits per heavy atom. The van der Waals surface area contributed by atoms with Gasteiger partial charge in [-0.15, -0.1) is 0 Å². The second-order valence-electron chi connectivity index (χ2n) is 7.29. The zero-order valence-corrected chi connectivity index (χ0v) is 16.9. The molecule has 1 aromatic carbocycles. The van der Waals surface area contributed by atoms with Crippen molar-refractivity contribution in [3.63, 3.8) is 0 Å². The number of rotatable bonds is 5. The molecule has 1 N–H and O–H groups in total. The fraction of sp³-hybridized carbons (Fsp3) is 0.333. The number of nitrogens with zero attached hydrogens (tertiary/aromatic N) is 3. The van der Waals surface area contributed by atoms with E-state index in [0.717, 1.165) is 29.2 Å². The predicted molar refractivity (Wildman–Crippen MR) is 114 cm³/mol. The van der Waals surface area contributed by atoms with Crippen molar-refractivity contribution in [3.05, 3.63) is 63.2 Å². The Hall–Kier alpha value is -2.40. The lowest BCUT2D eigenvalue weighted by Gasteiger charge is -2.19. The summed E-state index contributed by atoms with van der Waals surface area (Å²) in [5.41, 5.74) is 5.21. The first-order valence-electron chi connectivity index (χ1n) is 8.58. The molecule has 0 bridgehead atoms. The Kier molecular flexibility index (Phi) is 6.37. The van der Waals surface area contributed by atoms with E-state index in [0.29, 0.717) is 4.64 Å². The maximum Gasteiger partial charge on any atom is 0.139 e. The Morgan fingerprint density at radius 1 is 1.23 bits per heavy atom. The minimum atomic E-state index is 0.150. The van der Waals surface area contributed by atoms with E-state index in [2.05, 4.69) is 77.8 Å². The summed E-state index contributed by atoms with van der Waals surface area (Å²) in [7, 11) is 0. The molecule has 2 rings (SSSR count). The van der Waals surface area contributed by atoms with E-state index >= 15 is 0 Å². The van der Waals surface area contributed by atoms with E-state index in [1.807, 2.05) is 13.8 Å². The number of aryl methyl sites for hydroxylation is 2. The number of aromatic nitrogens is 2. The lowest BCUT2D eigenvalue weighted by atomic mass is 9.86. The smallest absolute Gasteiger partial charge is 0.139 e. The van der Waals surface area contributed by atoms with E-state index in [-0.39, 0.29) is 5.41 Å². The highest BCUT2D eigenvalue weighted by atomic mass is 32.1. The molecule has 1 aromatic heterocycles. The van der Waals surface area contributed by atoms with Crippen molar-refractivity contribution in [1.82, 2.24) is 9.97 Å². The molecule has 136 valence electrons. The van der Waals surface area contributed by atoms with Crippen LogP contribution < -0.4 is 0 Å². The maximum absolute atomic E-state index is 5.45. The highest BCUT2D eigenvalue weighted by Crippen LogP contribution is 2.24. The van der Waals surface area contributed by atoms with Crippen LogP contribution in [0.25, 0.3) is 5.70 Å². The van der Waals surface area contributed by atoms with Gasteiger partial charge >= 0.3 is 0 Å². The lowest BCUT2D eigenvalue weighted by molar-refractivity contribution is 0.590. The van der Waals surface area contributed by atoms with Gasteiger partial charge in [-0.1, -0.05) is 63.3 Å². The van der Waals surface area contributed by atoms with Crippen LogP contribution in [-0.2, 0) is 11.8 Å². The number of H-pyrrole nitrogens is 1. The molecule has 26 heavy (non-hydrogen) atoms. The second-order valence-corrected chi connectivity index (χ2v) is 7.68. The molecule has 4 nitrogen and oxygen atoms in total. The largest absolute Gasteiger partial charge is 0.347 e. The molecule has 0 fully saturated rings. The Bertz CT molecular complexity index is 897. The molecular formula is C21H26N4S. The summed E-state index contributed by atoms with van der Waals surface area (Å²) in [6.45, 7) is 14.0. The number of benzene rings is 1. The van der Waals surface area contributed by atoms with Crippen molar-refractivity contribution in [1.29, 1.82) is 0 Å². The third-order valence-corrected chi connectivity index (χ3v) is 4.41. The van der Waals surface area contributed by atoms with Crippen LogP contribution in [0.5, 0.6) is 0 Å². The highest BCUT2D eigenvalue weighted by molar-refractivity contribution is 7.71. The number of aromatic amines is 1. The molecular weight excluding hydrogens is 340 g/mol. The molecule has 1 heterocycles. The van der Waals surface area contributed by atoms with Crippen molar-refractivity contribution >= 4 is 31.0 Å². The van der Waals surface area contributed by atoms with E-state index in [1.165, 1.54) is 17.5 Å². The van der Waals surface area contributed by atoms with Gasteiger partial charge in [0.05, 0.1) is 11.3 Å². The van der Waals surface area contributed by atoms with Gasteiger partial charge < -0.3 is 4.98 Å². The van der Waals surface area contributed by atoms with Gasteiger partial charge in [0.2, 0.25) is 0 Å². The van der Waals surface area contributed by atoms with Crippen LogP contribution in [-0.4, -0.2) is 23.0 Å². The first kappa shape index (κ1) is 19.9. The molecule has 0 aliphatic carbocycles. The first-order valence-corrected chi connectivity index (χ1v) is 8.99. The van der Waals surface area contributed by atoms with Crippen molar-refractivity contribution < 1.29 is 0 Å². The normalized spacial score (nSPS) is 12.6. The third kappa shape index (κ3) is 5.05. The predicted octanol–water partition coefficient (Wildman–Crippen LogP) is 5.37. The van der Waals surface area contributed by atoms with E-state index in [1.54, 1.807) is 0 Å². The van der Waals surface area contributed by atoms with Crippen LogP contribution in [0, 0.1) is 18.5 Å². The lowest BCUT2D eigenvalue weighted by Crippen LogP contribution is -2.10. The van der Waals surface area contributed by atoms with Crippen molar-refractivity contribution in [2.45, 2.75) is 46.5 Å². The van der Waals surface area contributed by atoms with Crippen LogP contribution in [0.4, 0.5) is 0 Å². The van der Waals surface area contributed by atoms with Crippen molar-refractivity contribution in [2.75, 3.05) is 0 Å². The zero-order valence-electron chi connectivity index (χ0n) is 16.1. The molecule has 0 aliphatic rings. The highest BCUT2D eigenvalue weighted by Gasteiger charge is 2.13. The summed E-state index contributed by atoms with van der Waals surface area (Å²) in [5.74, 6) is 0.791. The van der Waals surface area contributed by atoms with E-state index in [9.17, 15) is 0 Å². The third-order valence-electron chi connectivity index (χ3n) is 4.11. The summed E-state index contributed by atoms with van der Waals surface area (Å²) in [5, 5.41) is 0. The molecule has 0 saturated heterocycles. The summed E-state index contributed by atoms with van der Waals surface area (Å²) in [4.78, 5) is 15.7. The van der Waals surface area contributed by atoms with Gasteiger partial charge in [-0.3, -0.25) is 4.99 Å². The van der Waals surface area contributed by atoms with E-state index in [4.69, 9.17) is 12.2 Å². The molecule has 5 heteroatoms. The minimum Gasteiger partial charge on any atom is -0.347 e. The minimum absolute atomic E-state index is 0.150. The number of aliphatic imine (C=N–C) groups is 2. The molecule has 0 atom stereocenters. The van der Waals surface area contributed by atoms with Crippen molar-refractivity contribution in [2.24, 2.45) is 9.98 Å². The number of hydrogen-bond acceptors (Lipinski definition) is 3. The van der Waals surface area contributed by atoms with Gasteiger partial charge in [-0.25, -0.2) is 9.98 Å². The Morgan fingerprint density at radius 3 is 2.42 bits per heavy atom. The molecule has 0 unspecified atom stereocenters. The van der Waals surface area contributed by atoms with Crippen LogP contribution >= 0.6 is 12.2 Å². The molecule has 0 radical (unpaired) electrons. The second kappa shape index (κ2) is 8.32. The summed E-state index contributed by atoms with van der Waals surface area (Å²) >= 11 is 5.45. The van der Waals surface area contributed by atoms with Gasteiger partial charge in [0, 0.05) is 5.69 Å². The molecule has 0 spiro atoms. The van der Waals surface area contributed by atoms with E-state index < -0.39 is 0 Å². The molecule has 0 aliphatic heterocycles. The van der Waals surface area contributed by atoms with Crippen LogP contribution in [0.1, 0.15) is 49.0 Å². The van der Waals surface area contributed by atoms with Gasteiger partial charge in [-0.2, -0.15) is 0 Å². The molecule has 0 amide bonds. The number of hydrogen-bond donors (Lipinski definition) is 1. The van der Waals surface area contributed by atoms with Gasteiger partial charge in [0.15, 0.2) is 0 Å². The standard InChI is InChI=1S/C21H26N4S/c1-14-19(20(26)25-15(2)24-14)18(23-13-22-6)12-9-16-7-10-17(11-8-16)21(3,4)5/h7-8,10-13H,6,9H2,1-5H3,(H,24,25,26)/b18-12-,23-13?. The topological polar surface area (TPSA) is 53.4 Å². The van der Waals surface area contributed by atoms with Crippen molar-refractivity contribution in [3.8, 4) is 0 Å². The zero-order chi connectivity index (χ0) is 19.3. The average molecular weight is 367 g/mol. The van der Waals surface area contributed by atoms with Gasteiger partial charge in [-0.05, 0) is 43.5 Å².